The molecule has 0 spiro atoms. The van der Waals surface area contributed by atoms with Gasteiger partial charge in [-0.2, -0.15) is 11.8 Å². The zero-order chi connectivity index (χ0) is 11.5. The molecule has 1 aromatic rings. The van der Waals surface area contributed by atoms with Gasteiger partial charge in [0, 0.05) is 30.2 Å². The van der Waals surface area contributed by atoms with Crippen molar-refractivity contribution in [3.05, 3.63) is 29.6 Å². The highest BCUT2D eigenvalue weighted by atomic mass is 32.2. The average Bonchev–Trinajstić information content (AvgIpc) is 2.33. The van der Waals surface area contributed by atoms with Gasteiger partial charge in [0.25, 0.3) is 5.91 Å². The molecule has 0 unspecified atom stereocenters. The van der Waals surface area contributed by atoms with Crippen LogP contribution < -0.4 is 5.73 Å². The summed E-state index contributed by atoms with van der Waals surface area (Å²) in [6.07, 6.45) is 0. The van der Waals surface area contributed by atoms with Crippen LogP contribution in [0.2, 0.25) is 0 Å². The fourth-order valence-corrected chi connectivity index (χ4v) is 2.53. The highest BCUT2D eigenvalue weighted by Crippen LogP contribution is 2.16. The molecule has 2 N–H and O–H groups in total. The molecule has 0 saturated carbocycles. The van der Waals surface area contributed by atoms with Crippen molar-refractivity contribution in [2.45, 2.75) is 0 Å². The van der Waals surface area contributed by atoms with Gasteiger partial charge >= 0.3 is 0 Å². The standard InChI is InChI=1S/C11H13FN2OS/c12-9-2-1-8(7-10(9)13)11(15)14-3-5-16-6-4-14/h1-2,7H,3-6,13H2. The van der Waals surface area contributed by atoms with E-state index in [2.05, 4.69) is 0 Å². The molecule has 0 radical (unpaired) electrons. The van der Waals surface area contributed by atoms with Crippen molar-refractivity contribution in [3.8, 4) is 0 Å². The number of hydrogen-bond donors (Lipinski definition) is 1. The van der Waals surface area contributed by atoms with E-state index >= 15 is 0 Å². The number of nitrogens with two attached hydrogens (primary N) is 1. The molecule has 1 fully saturated rings. The Bertz CT molecular complexity index is 405. The minimum Gasteiger partial charge on any atom is -0.396 e. The van der Waals surface area contributed by atoms with E-state index < -0.39 is 5.82 Å². The van der Waals surface area contributed by atoms with Crippen LogP contribution in [-0.2, 0) is 0 Å². The van der Waals surface area contributed by atoms with E-state index in [1.54, 1.807) is 4.90 Å². The van der Waals surface area contributed by atoms with Gasteiger partial charge in [0.2, 0.25) is 0 Å². The fourth-order valence-electron chi connectivity index (χ4n) is 1.63. The molecule has 2 rings (SSSR count). The monoisotopic (exact) mass is 240 g/mol. The molecule has 1 saturated heterocycles. The number of rotatable bonds is 1. The molecule has 1 aromatic carbocycles. The van der Waals surface area contributed by atoms with Crippen LogP contribution in [0.1, 0.15) is 10.4 Å². The van der Waals surface area contributed by atoms with Crippen LogP contribution in [0.25, 0.3) is 0 Å². The molecule has 0 bridgehead atoms. The molecule has 0 aliphatic carbocycles. The Morgan fingerprint density at radius 3 is 2.69 bits per heavy atom. The molecule has 3 nitrogen and oxygen atoms in total. The molecule has 1 aliphatic heterocycles. The number of thioether (sulfide) groups is 1. The minimum atomic E-state index is -0.481. The van der Waals surface area contributed by atoms with Crippen LogP contribution in [0, 0.1) is 5.82 Å². The van der Waals surface area contributed by atoms with E-state index in [0.29, 0.717) is 5.56 Å². The Kier molecular flexibility index (Phi) is 3.33. The second-order valence-electron chi connectivity index (χ2n) is 3.64. The van der Waals surface area contributed by atoms with Gasteiger partial charge in [-0.05, 0) is 18.2 Å². The third-order valence-corrected chi connectivity index (χ3v) is 3.48. The molecule has 1 amide bonds. The lowest BCUT2D eigenvalue weighted by atomic mass is 10.1. The third-order valence-electron chi connectivity index (χ3n) is 2.54. The van der Waals surface area contributed by atoms with Crippen LogP contribution in [0.4, 0.5) is 10.1 Å². The summed E-state index contributed by atoms with van der Waals surface area (Å²) < 4.78 is 13.0. The van der Waals surface area contributed by atoms with E-state index in [1.165, 1.54) is 18.2 Å². The summed E-state index contributed by atoms with van der Waals surface area (Å²) in [4.78, 5) is 13.8. The summed E-state index contributed by atoms with van der Waals surface area (Å²) in [6, 6.07) is 4.12. The number of carbonyl (C=O) groups is 1. The maximum atomic E-state index is 13.0. The Hall–Kier alpha value is -1.23. The summed E-state index contributed by atoms with van der Waals surface area (Å²) in [7, 11) is 0. The zero-order valence-electron chi connectivity index (χ0n) is 8.78. The lowest BCUT2D eigenvalue weighted by Gasteiger charge is -2.26. The molecule has 0 aromatic heterocycles. The Morgan fingerprint density at radius 1 is 1.38 bits per heavy atom. The number of hydrogen-bond acceptors (Lipinski definition) is 3. The number of anilines is 1. The van der Waals surface area contributed by atoms with Crippen molar-refractivity contribution in [1.82, 2.24) is 4.90 Å². The second kappa shape index (κ2) is 4.74. The smallest absolute Gasteiger partial charge is 0.253 e. The first-order chi connectivity index (χ1) is 7.68. The molecular weight excluding hydrogens is 227 g/mol. The summed E-state index contributed by atoms with van der Waals surface area (Å²) >= 11 is 1.84. The van der Waals surface area contributed by atoms with E-state index in [9.17, 15) is 9.18 Å². The Morgan fingerprint density at radius 2 is 2.06 bits per heavy atom. The fraction of sp³-hybridized carbons (Fsp3) is 0.364. The molecular formula is C11H13FN2OS. The predicted octanol–water partition coefficient (Wildman–Crippen LogP) is 1.60. The highest BCUT2D eigenvalue weighted by Gasteiger charge is 2.18. The number of amides is 1. The van der Waals surface area contributed by atoms with Gasteiger partial charge in [-0.3, -0.25) is 4.79 Å². The summed E-state index contributed by atoms with van der Waals surface area (Å²) in [5, 5.41) is 0. The number of nitrogens with zero attached hydrogens (tertiary/aromatic N) is 1. The molecule has 1 heterocycles. The number of carbonyl (C=O) groups excluding carboxylic acids is 1. The molecule has 5 heteroatoms. The molecule has 86 valence electrons. The molecule has 16 heavy (non-hydrogen) atoms. The van der Waals surface area contributed by atoms with Crippen molar-refractivity contribution in [2.75, 3.05) is 30.3 Å². The van der Waals surface area contributed by atoms with Crippen molar-refractivity contribution >= 4 is 23.4 Å². The molecule has 0 atom stereocenters. The number of nitrogen functional groups attached to an aromatic ring is 1. The normalized spacial score (nSPS) is 16.2. The van der Waals surface area contributed by atoms with Gasteiger partial charge < -0.3 is 10.6 Å². The topological polar surface area (TPSA) is 46.3 Å². The summed E-state index contributed by atoms with van der Waals surface area (Å²) in [6.45, 7) is 1.50. The average molecular weight is 240 g/mol. The predicted molar refractivity (Wildman–Crippen MR) is 64.0 cm³/mol. The quantitative estimate of drug-likeness (QED) is 0.758. The maximum absolute atomic E-state index is 13.0. The van der Waals surface area contributed by atoms with Crippen LogP contribution in [0.3, 0.4) is 0 Å². The van der Waals surface area contributed by atoms with Gasteiger partial charge in [0.15, 0.2) is 0 Å². The lowest BCUT2D eigenvalue weighted by molar-refractivity contribution is 0.0772. The second-order valence-corrected chi connectivity index (χ2v) is 4.87. The Balaban J connectivity index is 2.16. The van der Waals surface area contributed by atoms with Crippen LogP contribution in [0.5, 0.6) is 0 Å². The Labute approximate surface area is 97.8 Å². The first kappa shape index (κ1) is 11.3. The first-order valence-corrected chi connectivity index (χ1v) is 6.26. The zero-order valence-corrected chi connectivity index (χ0v) is 9.60. The maximum Gasteiger partial charge on any atom is 0.253 e. The molecule has 1 aliphatic rings. The minimum absolute atomic E-state index is 0.0252. The SMILES string of the molecule is Nc1cc(C(=O)N2CCSCC2)ccc1F. The van der Waals surface area contributed by atoms with E-state index in [1.807, 2.05) is 11.8 Å². The van der Waals surface area contributed by atoms with Crippen LogP contribution in [0.15, 0.2) is 18.2 Å². The first-order valence-electron chi connectivity index (χ1n) is 5.10. The van der Waals surface area contributed by atoms with E-state index in [0.717, 1.165) is 24.6 Å². The van der Waals surface area contributed by atoms with Crippen molar-refractivity contribution in [1.29, 1.82) is 0 Å². The van der Waals surface area contributed by atoms with Gasteiger partial charge in [-0.1, -0.05) is 0 Å². The van der Waals surface area contributed by atoms with Gasteiger partial charge in [0.05, 0.1) is 5.69 Å². The van der Waals surface area contributed by atoms with Crippen LogP contribution in [-0.4, -0.2) is 35.4 Å². The van der Waals surface area contributed by atoms with Crippen molar-refractivity contribution in [2.24, 2.45) is 0 Å². The number of benzene rings is 1. The van der Waals surface area contributed by atoms with Crippen molar-refractivity contribution < 1.29 is 9.18 Å². The van der Waals surface area contributed by atoms with E-state index in [-0.39, 0.29) is 11.6 Å². The van der Waals surface area contributed by atoms with Gasteiger partial charge in [0.1, 0.15) is 5.82 Å². The van der Waals surface area contributed by atoms with Crippen molar-refractivity contribution in [3.63, 3.8) is 0 Å². The van der Waals surface area contributed by atoms with Gasteiger partial charge in [-0.15, -0.1) is 0 Å². The van der Waals surface area contributed by atoms with E-state index in [4.69, 9.17) is 5.73 Å². The third kappa shape index (κ3) is 2.29. The van der Waals surface area contributed by atoms with Gasteiger partial charge in [-0.25, -0.2) is 4.39 Å². The highest BCUT2D eigenvalue weighted by molar-refractivity contribution is 7.99. The summed E-state index contributed by atoms with van der Waals surface area (Å²) in [5.41, 5.74) is 5.93. The lowest BCUT2D eigenvalue weighted by Crippen LogP contribution is -2.37. The summed E-state index contributed by atoms with van der Waals surface area (Å²) in [5.74, 6) is 1.38. The number of halogens is 1. The largest absolute Gasteiger partial charge is 0.396 e. The van der Waals surface area contributed by atoms with Crippen LogP contribution >= 0.6 is 11.8 Å².